The molecule has 7 heteroatoms. The fourth-order valence-corrected chi connectivity index (χ4v) is 3.76. The van der Waals surface area contributed by atoms with E-state index in [0.717, 1.165) is 18.4 Å². The number of nitrogens with one attached hydrogen (secondary N) is 2. The third-order valence-corrected chi connectivity index (χ3v) is 5.51. The summed E-state index contributed by atoms with van der Waals surface area (Å²) in [5.74, 6) is 0.500. The van der Waals surface area contributed by atoms with Crippen LogP contribution in [0.5, 0.6) is 0 Å². The molecule has 0 aliphatic rings. The largest absolute Gasteiger partial charge is 0.356 e. The molecule has 1 atom stereocenters. The van der Waals surface area contributed by atoms with Crippen LogP contribution in [0.25, 0.3) is 10.2 Å². The van der Waals surface area contributed by atoms with Crippen LogP contribution in [-0.2, 0) is 11.3 Å². The van der Waals surface area contributed by atoms with Crippen molar-refractivity contribution in [3.8, 4) is 0 Å². The maximum Gasteiger partial charge on any atom is 0.272 e. The van der Waals surface area contributed by atoms with Crippen LogP contribution in [-0.4, -0.2) is 22.0 Å². The summed E-state index contributed by atoms with van der Waals surface area (Å²) in [5.41, 5.74) is 0.642. The Balaban J connectivity index is 1.92. The van der Waals surface area contributed by atoms with Gasteiger partial charge < -0.3 is 10.3 Å². The summed E-state index contributed by atoms with van der Waals surface area (Å²) in [6.07, 6.45) is 4.85. The Hall–Kier alpha value is -1.47. The van der Waals surface area contributed by atoms with Crippen molar-refractivity contribution in [2.75, 3.05) is 6.54 Å². The van der Waals surface area contributed by atoms with E-state index in [1.54, 1.807) is 0 Å². The molecular weight excluding hydrogens is 342 g/mol. The lowest BCUT2D eigenvalue weighted by atomic mass is 9.99. The van der Waals surface area contributed by atoms with Crippen molar-refractivity contribution in [3.05, 3.63) is 26.6 Å². The number of thiophene rings is 1. The molecule has 0 fully saturated rings. The van der Waals surface area contributed by atoms with Crippen molar-refractivity contribution in [2.24, 2.45) is 5.92 Å². The number of aromatic amines is 1. The van der Waals surface area contributed by atoms with E-state index in [4.69, 9.17) is 12.2 Å². The highest BCUT2D eigenvalue weighted by atomic mass is 32.1. The maximum atomic E-state index is 12.4. The quantitative estimate of drug-likeness (QED) is 0.662. The van der Waals surface area contributed by atoms with Gasteiger partial charge in [-0.2, -0.15) is 0 Å². The van der Waals surface area contributed by atoms with Crippen molar-refractivity contribution in [3.63, 3.8) is 0 Å². The molecule has 0 bridgehead atoms. The first-order chi connectivity index (χ1) is 11.6. The molecule has 5 nitrogen and oxygen atoms in total. The lowest BCUT2D eigenvalue weighted by Crippen LogP contribution is -2.31. The highest BCUT2D eigenvalue weighted by Crippen LogP contribution is 2.14. The normalized spacial score (nSPS) is 12.4. The Labute approximate surface area is 151 Å². The van der Waals surface area contributed by atoms with E-state index in [0.29, 0.717) is 28.5 Å². The number of nitrogens with zero attached hydrogens (tertiary/aromatic N) is 1. The van der Waals surface area contributed by atoms with Crippen LogP contribution in [0.4, 0.5) is 0 Å². The predicted molar refractivity (Wildman–Crippen MR) is 102 cm³/mol. The van der Waals surface area contributed by atoms with Crippen molar-refractivity contribution >= 4 is 39.7 Å². The van der Waals surface area contributed by atoms with Crippen molar-refractivity contribution in [2.45, 2.75) is 52.5 Å². The molecule has 1 unspecified atom stereocenters. The number of hydrogen-bond donors (Lipinski definition) is 2. The van der Waals surface area contributed by atoms with Gasteiger partial charge >= 0.3 is 0 Å². The summed E-state index contributed by atoms with van der Waals surface area (Å²) in [7, 11) is 0. The smallest absolute Gasteiger partial charge is 0.272 e. The lowest BCUT2D eigenvalue weighted by Gasteiger charge is -2.15. The fraction of sp³-hybridized carbons (Fsp3) is 0.588. The van der Waals surface area contributed by atoms with Crippen LogP contribution in [0.2, 0.25) is 0 Å². The Bertz CT molecular complexity index is 791. The Morgan fingerprint density at radius 2 is 2.25 bits per heavy atom. The van der Waals surface area contributed by atoms with Crippen LogP contribution < -0.4 is 10.9 Å². The molecule has 2 rings (SSSR count). The molecule has 0 spiro atoms. The van der Waals surface area contributed by atoms with E-state index >= 15 is 0 Å². The molecule has 0 radical (unpaired) electrons. The molecule has 2 aromatic rings. The van der Waals surface area contributed by atoms with Crippen molar-refractivity contribution < 1.29 is 4.79 Å². The third kappa shape index (κ3) is 4.77. The van der Waals surface area contributed by atoms with Gasteiger partial charge in [-0.1, -0.05) is 33.1 Å². The van der Waals surface area contributed by atoms with Gasteiger partial charge in [0.1, 0.15) is 4.70 Å². The number of hydrogen-bond acceptors (Lipinski definition) is 4. The van der Waals surface area contributed by atoms with Gasteiger partial charge in [0.2, 0.25) is 5.91 Å². The van der Waals surface area contributed by atoms with Crippen molar-refractivity contribution in [1.82, 2.24) is 14.9 Å². The number of fused-ring (bicyclic) bond motifs is 1. The standard InChI is InChI=1S/C17H25N3O2S2/c1-3-5-6-12(4-2)11-18-14(21)7-9-20-16(22)15-13(8-10-24-15)19-17(20)23/h8,10,12H,3-7,9,11H2,1-2H3,(H,18,21)(H,19,23). The van der Waals surface area contributed by atoms with Crippen LogP contribution in [0.1, 0.15) is 46.0 Å². The van der Waals surface area contributed by atoms with Crippen LogP contribution >= 0.6 is 23.6 Å². The van der Waals surface area contributed by atoms with E-state index in [2.05, 4.69) is 24.1 Å². The third-order valence-electron chi connectivity index (χ3n) is 4.29. The van der Waals surface area contributed by atoms with E-state index < -0.39 is 0 Å². The second-order valence-electron chi connectivity index (χ2n) is 6.02. The van der Waals surface area contributed by atoms with Gasteiger partial charge in [-0.05, 0) is 36.0 Å². The van der Waals surface area contributed by atoms with Crippen LogP contribution in [0, 0.1) is 10.7 Å². The van der Waals surface area contributed by atoms with Gasteiger partial charge in [0.25, 0.3) is 5.56 Å². The first-order valence-corrected chi connectivity index (χ1v) is 9.82. The number of rotatable bonds is 9. The number of amides is 1. The Kier molecular flexibility index (Phi) is 7.17. The minimum atomic E-state index is -0.120. The molecule has 0 aromatic carbocycles. The average Bonchev–Trinajstić information content (AvgIpc) is 3.03. The first kappa shape index (κ1) is 18.9. The molecule has 24 heavy (non-hydrogen) atoms. The van der Waals surface area contributed by atoms with Crippen LogP contribution in [0.3, 0.4) is 0 Å². The van der Waals surface area contributed by atoms with E-state index in [1.165, 1.54) is 28.7 Å². The van der Waals surface area contributed by atoms with E-state index in [-0.39, 0.29) is 17.9 Å². The van der Waals surface area contributed by atoms with Crippen LogP contribution in [0.15, 0.2) is 16.2 Å². The second-order valence-corrected chi connectivity index (χ2v) is 7.32. The minimum Gasteiger partial charge on any atom is -0.356 e. The van der Waals surface area contributed by atoms with Crippen molar-refractivity contribution in [1.29, 1.82) is 0 Å². The summed E-state index contributed by atoms with van der Waals surface area (Å²) in [4.78, 5) is 27.5. The number of aromatic nitrogens is 2. The predicted octanol–water partition coefficient (Wildman–Crippen LogP) is 3.84. The monoisotopic (exact) mass is 367 g/mol. The van der Waals surface area contributed by atoms with Gasteiger partial charge in [0, 0.05) is 19.5 Å². The molecule has 2 aromatic heterocycles. The maximum absolute atomic E-state index is 12.4. The number of H-pyrrole nitrogens is 1. The summed E-state index contributed by atoms with van der Waals surface area (Å²) in [6, 6.07) is 1.84. The summed E-state index contributed by atoms with van der Waals surface area (Å²) >= 11 is 6.62. The Morgan fingerprint density at radius 1 is 1.46 bits per heavy atom. The van der Waals surface area contributed by atoms with E-state index in [9.17, 15) is 9.59 Å². The zero-order valence-electron chi connectivity index (χ0n) is 14.3. The second kappa shape index (κ2) is 9.13. The molecule has 0 saturated heterocycles. The molecule has 0 aliphatic carbocycles. The van der Waals surface area contributed by atoms with E-state index in [1.807, 2.05) is 11.4 Å². The van der Waals surface area contributed by atoms with Gasteiger partial charge in [-0.15, -0.1) is 11.3 Å². The molecule has 0 saturated carbocycles. The number of carbonyl (C=O) groups excluding carboxylic acids is 1. The summed E-state index contributed by atoms with van der Waals surface area (Å²) < 4.78 is 2.49. The highest BCUT2D eigenvalue weighted by Gasteiger charge is 2.11. The fourth-order valence-electron chi connectivity index (χ4n) is 2.68. The molecule has 1 amide bonds. The lowest BCUT2D eigenvalue weighted by molar-refractivity contribution is -0.121. The number of carbonyl (C=O) groups is 1. The summed E-state index contributed by atoms with van der Waals surface area (Å²) in [5, 5.41) is 4.84. The Morgan fingerprint density at radius 3 is 2.96 bits per heavy atom. The highest BCUT2D eigenvalue weighted by molar-refractivity contribution is 7.71. The summed E-state index contributed by atoms with van der Waals surface area (Å²) in [6.45, 7) is 5.35. The van der Waals surface area contributed by atoms with Gasteiger partial charge in [0.15, 0.2) is 4.77 Å². The van der Waals surface area contributed by atoms with Gasteiger partial charge in [-0.25, -0.2) is 0 Å². The van der Waals surface area contributed by atoms with Gasteiger partial charge in [0.05, 0.1) is 5.52 Å². The molecule has 0 aliphatic heterocycles. The average molecular weight is 368 g/mol. The molecule has 2 N–H and O–H groups in total. The molecular formula is C17H25N3O2S2. The minimum absolute atomic E-state index is 0.0301. The molecule has 2 heterocycles. The zero-order chi connectivity index (χ0) is 17.5. The SMILES string of the molecule is CCCCC(CC)CNC(=O)CCn1c(=S)[nH]c2ccsc2c1=O. The zero-order valence-corrected chi connectivity index (χ0v) is 15.9. The number of unbranched alkanes of at least 4 members (excludes halogenated alkanes) is 1. The first-order valence-electron chi connectivity index (χ1n) is 8.53. The topological polar surface area (TPSA) is 66.9 Å². The van der Waals surface area contributed by atoms with Gasteiger partial charge in [-0.3, -0.25) is 14.2 Å². The molecule has 132 valence electrons.